The summed E-state index contributed by atoms with van der Waals surface area (Å²) >= 11 is 0. The zero-order valence-electron chi connectivity index (χ0n) is 17.2. The number of rotatable bonds is 4. The van der Waals surface area contributed by atoms with Gasteiger partial charge in [-0.1, -0.05) is 24.3 Å². The summed E-state index contributed by atoms with van der Waals surface area (Å²) in [5.41, 5.74) is 3.87. The van der Waals surface area contributed by atoms with Gasteiger partial charge in [-0.2, -0.15) is 5.26 Å². The standard InChI is InChI=1S/C25H22N6/c26-16-19-7-9-20(10-8-19)18-30-12-14-31(15-13-30)25-22-5-1-2-6-23(22)28-24(29-25)21-4-3-11-27-17-21/h1-11,17H,12-15,18H2/p+1. The Morgan fingerprint density at radius 1 is 0.935 bits per heavy atom. The monoisotopic (exact) mass is 407 g/mol. The molecule has 2 aromatic carbocycles. The molecular formula is C25H23N6+. The maximum Gasteiger partial charge on any atom is 0.163 e. The summed E-state index contributed by atoms with van der Waals surface area (Å²) in [5.74, 6) is 1.72. The Labute approximate surface area is 181 Å². The number of nitrogens with one attached hydrogen (secondary N) is 1. The van der Waals surface area contributed by atoms with Gasteiger partial charge in [0.25, 0.3) is 0 Å². The summed E-state index contributed by atoms with van der Waals surface area (Å²) in [7, 11) is 0. The van der Waals surface area contributed by atoms with E-state index < -0.39 is 0 Å². The number of anilines is 1. The Balaban J connectivity index is 1.37. The van der Waals surface area contributed by atoms with E-state index in [0.29, 0.717) is 11.4 Å². The molecule has 0 spiro atoms. The number of fused-ring (bicyclic) bond motifs is 1. The van der Waals surface area contributed by atoms with E-state index in [0.717, 1.165) is 55.0 Å². The van der Waals surface area contributed by atoms with Gasteiger partial charge in [0.2, 0.25) is 0 Å². The predicted molar refractivity (Wildman–Crippen MR) is 121 cm³/mol. The summed E-state index contributed by atoms with van der Waals surface area (Å²) in [6.07, 6.45) is 3.58. The maximum atomic E-state index is 8.98. The lowest BCUT2D eigenvalue weighted by Gasteiger charge is -2.33. The van der Waals surface area contributed by atoms with Crippen molar-refractivity contribution >= 4 is 16.7 Å². The fraction of sp³-hybridized carbons (Fsp3) is 0.200. The van der Waals surface area contributed by atoms with Crippen LogP contribution in [0.1, 0.15) is 11.1 Å². The Kier molecular flexibility index (Phi) is 5.26. The third-order valence-electron chi connectivity index (χ3n) is 5.81. The maximum absolute atomic E-state index is 8.98. The molecule has 1 aliphatic heterocycles. The van der Waals surface area contributed by atoms with Crippen LogP contribution in [-0.4, -0.2) is 41.1 Å². The molecular weight excluding hydrogens is 384 g/mol. The van der Waals surface area contributed by atoms with Crippen LogP contribution in [-0.2, 0) is 6.54 Å². The Morgan fingerprint density at radius 3 is 2.48 bits per heavy atom. The van der Waals surface area contributed by atoms with Crippen LogP contribution in [0.5, 0.6) is 0 Å². The largest absolute Gasteiger partial charge is 0.345 e. The fourth-order valence-electron chi connectivity index (χ4n) is 4.12. The first-order chi connectivity index (χ1) is 15.3. The van der Waals surface area contributed by atoms with E-state index in [-0.39, 0.29) is 0 Å². The predicted octanol–water partition coefficient (Wildman–Crippen LogP) is 2.47. The number of hydrogen-bond acceptors (Lipinski definition) is 5. The normalized spacial score (nSPS) is 14.5. The van der Waals surface area contributed by atoms with Crippen molar-refractivity contribution in [3.05, 3.63) is 84.2 Å². The summed E-state index contributed by atoms with van der Waals surface area (Å²) in [6, 6.07) is 22.3. The minimum atomic E-state index is 0.712. The number of piperazine rings is 1. The van der Waals surface area contributed by atoms with Crippen LogP contribution in [0, 0.1) is 11.3 Å². The molecule has 5 rings (SSSR count). The third-order valence-corrected chi connectivity index (χ3v) is 5.81. The van der Waals surface area contributed by atoms with E-state index in [1.165, 1.54) is 5.56 Å². The molecule has 1 saturated heterocycles. The summed E-state index contributed by atoms with van der Waals surface area (Å²) in [4.78, 5) is 17.9. The molecule has 152 valence electrons. The van der Waals surface area contributed by atoms with Crippen molar-refractivity contribution in [2.75, 3.05) is 31.1 Å². The van der Waals surface area contributed by atoms with Crippen molar-refractivity contribution in [3.63, 3.8) is 0 Å². The van der Waals surface area contributed by atoms with Gasteiger partial charge in [-0.05, 0) is 36.4 Å². The van der Waals surface area contributed by atoms with E-state index in [1.807, 2.05) is 48.7 Å². The molecule has 0 unspecified atom stereocenters. The first-order valence-electron chi connectivity index (χ1n) is 10.5. The van der Waals surface area contributed by atoms with Gasteiger partial charge in [-0.3, -0.25) is 4.98 Å². The van der Waals surface area contributed by atoms with Crippen molar-refractivity contribution in [3.8, 4) is 17.5 Å². The van der Waals surface area contributed by atoms with Crippen LogP contribution in [0.15, 0.2) is 73.1 Å². The van der Waals surface area contributed by atoms with Gasteiger partial charge in [0.15, 0.2) is 5.82 Å². The molecule has 6 nitrogen and oxygen atoms in total. The first kappa shape index (κ1) is 19.2. The first-order valence-corrected chi connectivity index (χ1v) is 10.5. The second-order valence-corrected chi connectivity index (χ2v) is 7.85. The van der Waals surface area contributed by atoms with Gasteiger partial charge in [-0.15, -0.1) is 0 Å². The number of benzene rings is 2. The molecule has 1 fully saturated rings. The summed E-state index contributed by atoms with van der Waals surface area (Å²) in [6.45, 7) is 4.95. The fourth-order valence-corrected chi connectivity index (χ4v) is 4.12. The molecule has 1 N–H and O–H groups in total. The Bertz CT molecular complexity index is 1220. The number of pyridine rings is 1. The highest BCUT2D eigenvalue weighted by atomic mass is 15.3. The van der Waals surface area contributed by atoms with Crippen molar-refractivity contribution in [2.45, 2.75) is 6.54 Å². The number of aromatic nitrogens is 3. The second-order valence-electron chi connectivity index (χ2n) is 7.85. The number of quaternary nitrogens is 1. The molecule has 3 heterocycles. The molecule has 0 aliphatic carbocycles. The molecule has 31 heavy (non-hydrogen) atoms. The summed E-state index contributed by atoms with van der Waals surface area (Å²) < 4.78 is 0. The molecule has 0 bridgehead atoms. The third kappa shape index (κ3) is 4.09. The number of nitrogens with zero attached hydrogens (tertiary/aromatic N) is 5. The topological polar surface area (TPSA) is 70.1 Å². The van der Waals surface area contributed by atoms with Crippen LogP contribution in [0.25, 0.3) is 22.3 Å². The van der Waals surface area contributed by atoms with Crippen LogP contribution in [0.4, 0.5) is 5.82 Å². The number of nitriles is 1. The SMILES string of the molecule is N#Cc1ccc(C[NH+]2CCN(c3nc(-c4cccnc4)nc4ccccc34)CC2)cc1. The summed E-state index contributed by atoms with van der Waals surface area (Å²) in [5, 5.41) is 10.1. The molecule has 0 atom stereocenters. The quantitative estimate of drug-likeness (QED) is 0.563. The van der Waals surface area contributed by atoms with Gasteiger partial charge in [-0.25, -0.2) is 9.97 Å². The van der Waals surface area contributed by atoms with Gasteiger partial charge in [0, 0.05) is 28.9 Å². The highest BCUT2D eigenvalue weighted by Gasteiger charge is 2.23. The van der Waals surface area contributed by atoms with Crippen LogP contribution in [0.2, 0.25) is 0 Å². The molecule has 1 aliphatic rings. The lowest BCUT2D eigenvalue weighted by atomic mass is 10.1. The highest BCUT2D eigenvalue weighted by molar-refractivity contribution is 5.91. The number of para-hydroxylation sites is 1. The van der Waals surface area contributed by atoms with Gasteiger partial charge < -0.3 is 9.80 Å². The Hall–Kier alpha value is -3.82. The van der Waals surface area contributed by atoms with Crippen LogP contribution in [0.3, 0.4) is 0 Å². The van der Waals surface area contributed by atoms with Gasteiger partial charge in [0.1, 0.15) is 12.4 Å². The van der Waals surface area contributed by atoms with Gasteiger partial charge in [0.05, 0.1) is 43.3 Å². The minimum absolute atomic E-state index is 0.712. The van der Waals surface area contributed by atoms with Crippen molar-refractivity contribution in [2.24, 2.45) is 0 Å². The Morgan fingerprint density at radius 2 is 1.74 bits per heavy atom. The highest BCUT2D eigenvalue weighted by Crippen LogP contribution is 2.27. The van der Waals surface area contributed by atoms with Gasteiger partial charge >= 0.3 is 0 Å². The molecule has 4 aromatic rings. The van der Waals surface area contributed by atoms with E-state index in [2.05, 4.69) is 34.2 Å². The lowest BCUT2D eigenvalue weighted by Crippen LogP contribution is -3.13. The van der Waals surface area contributed by atoms with Crippen molar-refractivity contribution in [1.82, 2.24) is 15.0 Å². The van der Waals surface area contributed by atoms with Crippen molar-refractivity contribution < 1.29 is 4.90 Å². The average molecular weight is 408 g/mol. The average Bonchev–Trinajstić information content (AvgIpc) is 2.85. The molecule has 6 heteroatoms. The smallest absolute Gasteiger partial charge is 0.163 e. The lowest BCUT2D eigenvalue weighted by molar-refractivity contribution is -0.914. The molecule has 0 saturated carbocycles. The molecule has 2 aromatic heterocycles. The molecule has 0 radical (unpaired) electrons. The van der Waals surface area contributed by atoms with E-state index in [9.17, 15) is 0 Å². The van der Waals surface area contributed by atoms with E-state index in [4.69, 9.17) is 15.2 Å². The number of hydrogen-bond donors (Lipinski definition) is 1. The van der Waals surface area contributed by atoms with E-state index in [1.54, 1.807) is 11.1 Å². The van der Waals surface area contributed by atoms with Crippen molar-refractivity contribution in [1.29, 1.82) is 5.26 Å². The minimum Gasteiger partial charge on any atom is -0.345 e. The van der Waals surface area contributed by atoms with Crippen LogP contribution >= 0.6 is 0 Å². The second kappa shape index (κ2) is 8.50. The van der Waals surface area contributed by atoms with E-state index >= 15 is 0 Å². The zero-order valence-corrected chi connectivity index (χ0v) is 17.2. The molecule has 0 amide bonds. The van der Waals surface area contributed by atoms with Crippen LogP contribution < -0.4 is 9.80 Å². The zero-order chi connectivity index (χ0) is 21.0.